The second-order valence-corrected chi connectivity index (χ2v) is 5.29. The maximum absolute atomic E-state index is 11.2. The third-order valence-corrected chi connectivity index (χ3v) is 3.66. The molecule has 0 saturated heterocycles. The first-order valence-corrected chi connectivity index (χ1v) is 6.53. The number of para-hydroxylation sites is 2. The minimum Gasteiger partial charge on any atom is -0.478 e. The van der Waals surface area contributed by atoms with Crippen molar-refractivity contribution in [3.05, 3.63) is 29.3 Å². The first-order valence-electron chi connectivity index (χ1n) is 5.71. The van der Waals surface area contributed by atoms with Crippen LogP contribution < -0.4 is 9.64 Å². The molecule has 1 aromatic heterocycles. The third kappa shape index (κ3) is 2.12. The van der Waals surface area contributed by atoms with E-state index in [9.17, 15) is 4.79 Å². The van der Waals surface area contributed by atoms with E-state index < -0.39 is 12.1 Å². The maximum Gasteiger partial charge on any atom is 0.346 e. The predicted octanol–water partition coefficient (Wildman–Crippen LogP) is 1.83. The van der Waals surface area contributed by atoms with Crippen LogP contribution in [0.3, 0.4) is 0 Å². The van der Waals surface area contributed by atoms with Gasteiger partial charge in [-0.3, -0.25) is 0 Å². The fourth-order valence-electron chi connectivity index (χ4n) is 1.94. The summed E-state index contributed by atoms with van der Waals surface area (Å²) in [5.41, 5.74) is 0.816. The number of fused-ring (bicyclic) bond motifs is 1. The number of carbonyl (C=O) groups is 1. The zero-order valence-electron chi connectivity index (χ0n) is 10.1. The molecule has 1 aromatic carbocycles. The lowest BCUT2D eigenvalue weighted by atomic mass is 10.2. The molecule has 1 aliphatic heterocycles. The number of hydrogen-bond acceptors (Lipinski definition) is 6. The molecular formula is C12H11N3O3S. The Hall–Kier alpha value is -2.15. The number of rotatable bonds is 2. The fourth-order valence-corrected chi connectivity index (χ4v) is 2.65. The quantitative estimate of drug-likeness (QED) is 0.902. The molecule has 0 saturated carbocycles. The standard InChI is InChI=1S/C12H11N3O3S/c1-7-13-14-12(19-7)15-6-10(11(16)17)18-9-5-3-2-4-8(9)15/h2-5,10H,6H2,1H3,(H,16,17). The van der Waals surface area contributed by atoms with Crippen LogP contribution in [0.1, 0.15) is 5.01 Å². The highest BCUT2D eigenvalue weighted by atomic mass is 32.1. The van der Waals surface area contributed by atoms with Gasteiger partial charge in [-0.25, -0.2) is 4.79 Å². The number of nitrogens with zero attached hydrogens (tertiary/aromatic N) is 3. The van der Waals surface area contributed by atoms with E-state index in [4.69, 9.17) is 9.84 Å². The van der Waals surface area contributed by atoms with Gasteiger partial charge in [-0.05, 0) is 19.1 Å². The van der Waals surface area contributed by atoms with Crippen molar-refractivity contribution >= 4 is 28.1 Å². The molecule has 0 radical (unpaired) electrons. The number of aliphatic carboxylic acids is 1. The van der Waals surface area contributed by atoms with Gasteiger partial charge in [0.25, 0.3) is 0 Å². The van der Waals surface area contributed by atoms with Crippen molar-refractivity contribution in [3.63, 3.8) is 0 Å². The van der Waals surface area contributed by atoms with E-state index in [-0.39, 0.29) is 6.54 Å². The average Bonchev–Trinajstić information content (AvgIpc) is 2.84. The number of anilines is 2. The van der Waals surface area contributed by atoms with Crippen molar-refractivity contribution in [3.8, 4) is 5.75 Å². The van der Waals surface area contributed by atoms with Crippen molar-refractivity contribution in [1.82, 2.24) is 10.2 Å². The molecule has 1 unspecified atom stereocenters. The summed E-state index contributed by atoms with van der Waals surface area (Å²) in [5, 5.41) is 18.7. The number of carboxylic acids is 1. The molecule has 1 N–H and O–H groups in total. The lowest BCUT2D eigenvalue weighted by Crippen LogP contribution is -2.42. The summed E-state index contributed by atoms with van der Waals surface area (Å²) in [7, 11) is 0. The monoisotopic (exact) mass is 277 g/mol. The molecule has 2 heterocycles. The van der Waals surface area contributed by atoms with Gasteiger partial charge in [0.05, 0.1) is 12.2 Å². The molecule has 0 aliphatic carbocycles. The van der Waals surface area contributed by atoms with Gasteiger partial charge in [-0.2, -0.15) is 0 Å². The summed E-state index contributed by atoms with van der Waals surface area (Å²) in [6.07, 6.45) is -0.904. The summed E-state index contributed by atoms with van der Waals surface area (Å²) in [5.74, 6) is -0.435. The maximum atomic E-state index is 11.2. The number of benzene rings is 1. The van der Waals surface area contributed by atoms with Crippen LogP contribution in [-0.2, 0) is 4.79 Å². The summed E-state index contributed by atoms with van der Waals surface area (Å²) in [6, 6.07) is 7.33. The minimum atomic E-state index is -0.985. The highest BCUT2D eigenvalue weighted by molar-refractivity contribution is 7.15. The first kappa shape index (κ1) is 11.9. The molecule has 2 aromatic rings. The molecule has 98 valence electrons. The highest BCUT2D eigenvalue weighted by Gasteiger charge is 2.32. The van der Waals surface area contributed by atoms with Gasteiger partial charge in [0.2, 0.25) is 11.2 Å². The molecule has 6 nitrogen and oxygen atoms in total. The smallest absolute Gasteiger partial charge is 0.346 e. The molecule has 0 bridgehead atoms. The number of carboxylic acid groups (broad SMARTS) is 1. The molecule has 0 fully saturated rings. The normalized spacial score (nSPS) is 17.7. The van der Waals surface area contributed by atoms with Gasteiger partial charge in [-0.15, -0.1) is 10.2 Å². The van der Waals surface area contributed by atoms with Crippen molar-refractivity contribution in [2.24, 2.45) is 0 Å². The zero-order valence-corrected chi connectivity index (χ0v) is 10.9. The van der Waals surface area contributed by atoms with Gasteiger partial charge < -0.3 is 14.7 Å². The van der Waals surface area contributed by atoms with E-state index in [2.05, 4.69) is 10.2 Å². The van der Waals surface area contributed by atoms with Crippen LogP contribution in [-0.4, -0.2) is 33.9 Å². The van der Waals surface area contributed by atoms with E-state index in [1.165, 1.54) is 11.3 Å². The summed E-state index contributed by atoms with van der Waals surface area (Å²) in [4.78, 5) is 13.0. The van der Waals surface area contributed by atoms with Crippen LogP contribution in [0.4, 0.5) is 10.8 Å². The Morgan fingerprint density at radius 1 is 1.47 bits per heavy atom. The Morgan fingerprint density at radius 2 is 2.26 bits per heavy atom. The largest absolute Gasteiger partial charge is 0.478 e. The average molecular weight is 277 g/mol. The fraction of sp³-hybridized carbons (Fsp3) is 0.250. The molecule has 7 heteroatoms. The number of aryl methyl sites for hydroxylation is 1. The molecular weight excluding hydrogens is 266 g/mol. The Morgan fingerprint density at radius 3 is 2.95 bits per heavy atom. The SMILES string of the molecule is Cc1nnc(N2CC(C(=O)O)Oc3ccccc32)s1. The van der Waals surface area contributed by atoms with Crippen LogP contribution in [0.5, 0.6) is 5.75 Å². The van der Waals surface area contributed by atoms with Crippen LogP contribution in [0.2, 0.25) is 0 Å². The summed E-state index contributed by atoms with van der Waals surface area (Å²) >= 11 is 1.43. The van der Waals surface area contributed by atoms with Crippen molar-refractivity contribution in [1.29, 1.82) is 0 Å². The van der Waals surface area contributed by atoms with E-state index >= 15 is 0 Å². The lowest BCUT2D eigenvalue weighted by molar-refractivity contribution is -0.144. The van der Waals surface area contributed by atoms with E-state index in [1.54, 1.807) is 6.07 Å². The molecule has 1 atom stereocenters. The second kappa shape index (κ2) is 4.51. The topological polar surface area (TPSA) is 75.6 Å². The number of ether oxygens (including phenoxy) is 1. The van der Waals surface area contributed by atoms with Crippen molar-refractivity contribution < 1.29 is 14.6 Å². The molecule has 1 aliphatic rings. The van der Waals surface area contributed by atoms with Crippen LogP contribution in [0.15, 0.2) is 24.3 Å². The van der Waals surface area contributed by atoms with Crippen molar-refractivity contribution in [2.75, 3.05) is 11.4 Å². The van der Waals surface area contributed by atoms with Crippen LogP contribution in [0.25, 0.3) is 0 Å². The third-order valence-electron chi connectivity index (χ3n) is 2.80. The number of hydrogen-bond donors (Lipinski definition) is 1. The Labute approximate surface area is 113 Å². The van der Waals surface area contributed by atoms with Gasteiger partial charge in [0.1, 0.15) is 10.8 Å². The van der Waals surface area contributed by atoms with Gasteiger partial charge in [0.15, 0.2) is 0 Å². The number of aromatic nitrogens is 2. The Balaban J connectivity index is 2.05. The lowest BCUT2D eigenvalue weighted by Gasteiger charge is -2.32. The van der Waals surface area contributed by atoms with Crippen molar-refractivity contribution in [2.45, 2.75) is 13.0 Å². The van der Waals surface area contributed by atoms with Gasteiger partial charge in [-0.1, -0.05) is 23.5 Å². The molecule has 0 amide bonds. The minimum absolute atomic E-state index is 0.223. The van der Waals surface area contributed by atoms with Gasteiger partial charge >= 0.3 is 5.97 Å². The Kier molecular flexibility index (Phi) is 2.83. The summed E-state index contributed by atoms with van der Waals surface area (Å²) in [6.45, 7) is 2.09. The van der Waals surface area contributed by atoms with E-state index in [0.717, 1.165) is 10.7 Å². The van der Waals surface area contributed by atoms with Gasteiger partial charge in [0, 0.05) is 0 Å². The van der Waals surface area contributed by atoms with E-state index in [1.807, 2.05) is 30.0 Å². The van der Waals surface area contributed by atoms with E-state index in [0.29, 0.717) is 10.9 Å². The summed E-state index contributed by atoms with van der Waals surface area (Å²) < 4.78 is 5.47. The zero-order chi connectivity index (χ0) is 13.4. The molecule has 3 rings (SSSR count). The predicted molar refractivity (Wildman–Crippen MR) is 70.1 cm³/mol. The second-order valence-electron chi connectivity index (χ2n) is 4.13. The first-order chi connectivity index (χ1) is 9.15. The highest BCUT2D eigenvalue weighted by Crippen LogP contribution is 2.38. The Bertz CT molecular complexity index is 628. The molecule has 0 spiro atoms. The molecule has 19 heavy (non-hydrogen) atoms. The van der Waals surface area contributed by atoms with Crippen LogP contribution >= 0.6 is 11.3 Å². The van der Waals surface area contributed by atoms with Crippen LogP contribution in [0, 0.1) is 6.92 Å².